The highest BCUT2D eigenvalue weighted by atomic mass is 32.2. The van der Waals surface area contributed by atoms with E-state index in [4.69, 9.17) is 22.9 Å². The zero-order valence-corrected chi connectivity index (χ0v) is 54.6. The van der Waals surface area contributed by atoms with Crippen molar-refractivity contribution in [1.29, 1.82) is 0 Å². The van der Waals surface area contributed by atoms with E-state index in [1.807, 2.05) is 0 Å². The Morgan fingerprint density at radius 2 is 0.895 bits per heavy atom. The van der Waals surface area contributed by atoms with Crippen molar-refractivity contribution in [1.82, 2.24) is 58.2 Å². The molecule has 0 saturated carbocycles. The maximum atomic E-state index is 14.9. The Kier molecular flexibility index (Phi) is 32.7. The fourth-order valence-electron chi connectivity index (χ4n) is 9.53. The SMILES string of the molecule is CSCC[C@H](NC(=O)[C@H](CC(C)C)NC(=O)[C@H](Cc1c[nH]c2ccccc12)NC(=O)[C@H](CCC(N)=O)NC(=O)[C@@H](NC(=O)[C@H](Cc1ccccc1)NC(=O)[C@H](CC(=O)O)NC(=O)[C@H](CCC(N)=O)NC(=O)[C@H](C)N)C(C)C)C(=O)N[C@@H](CC(N)=O)C(=O)N[C@H](C(=O)O)C(C)O. The molecule has 1 heterocycles. The van der Waals surface area contributed by atoms with Crippen LogP contribution in [0.25, 0.3) is 10.9 Å². The molecular formula is C61H89N15O18S. The average Bonchev–Trinajstić information content (AvgIpc) is 1.74. The predicted octanol–water partition coefficient (Wildman–Crippen LogP) is -4.05. The van der Waals surface area contributed by atoms with Gasteiger partial charge in [-0.05, 0) is 80.6 Å². The van der Waals surface area contributed by atoms with Gasteiger partial charge in [0.05, 0.1) is 25.0 Å². The third kappa shape index (κ3) is 27.4. The third-order valence-corrected chi connectivity index (χ3v) is 15.3. The van der Waals surface area contributed by atoms with Gasteiger partial charge in [0, 0.05) is 42.8 Å². The Labute approximate surface area is 551 Å². The van der Waals surface area contributed by atoms with Gasteiger partial charge in [0.15, 0.2) is 6.04 Å². The van der Waals surface area contributed by atoms with Crippen LogP contribution >= 0.6 is 11.8 Å². The summed E-state index contributed by atoms with van der Waals surface area (Å²) in [6, 6.07) is -2.52. The molecule has 3 rings (SSSR count). The van der Waals surface area contributed by atoms with Gasteiger partial charge in [0.2, 0.25) is 76.8 Å². The number of rotatable bonds is 42. The number of aromatic amines is 1. The molecule has 12 atom stereocenters. The number of nitrogens with one attached hydrogen (secondary N) is 11. The van der Waals surface area contributed by atoms with Crippen LogP contribution in [0.1, 0.15) is 104 Å². The topological polar surface area (TPSA) is 557 Å². The quantitative estimate of drug-likeness (QED) is 0.0257. The van der Waals surface area contributed by atoms with Crippen LogP contribution in [0.2, 0.25) is 0 Å². The van der Waals surface area contributed by atoms with Crippen molar-refractivity contribution in [3.8, 4) is 0 Å². The van der Waals surface area contributed by atoms with Gasteiger partial charge in [-0.25, -0.2) is 4.79 Å². The van der Waals surface area contributed by atoms with E-state index in [0.717, 1.165) is 6.92 Å². The molecule has 34 heteroatoms. The molecule has 95 heavy (non-hydrogen) atoms. The number of nitrogens with two attached hydrogens (primary N) is 4. The van der Waals surface area contributed by atoms with Crippen LogP contribution in [-0.4, -0.2) is 194 Å². The Morgan fingerprint density at radius 3 is 1.39 bits per heavy atom. The van der Waals surface area contributed by atoms with Crippen molar-refractivity contribution in [3.63, 3.8) is 0 Å². The van der Waals surface area contributed by atoms with Gasteiger partial charge >= 0.3 is 11.9 Å². The Hall–Kier alpha value is -9.70. The van der Waals surface area contributed by atoms with Gasteiger partial charge in [-0.1, -0.05) is 76.2 Å². The summed E-state index contributed by atoms with van der Waals surface area (Å²) in [5.74, 6) is -17.3. The Bertz CT molecular complexity index is 3220. The molecule has 0 fully saturated rings. The van der Waals surface area contributed by atoms with E-state index in [0.29, 0.717) is 22.0 Å². The van der Waals surface area contributed by atoms with Crippen LogP contribution in [0, 0.1) is 11.8 Å². The molecule has 0 saturated heterocycles. The van der Waals surface area contributed by atoms with Crippen molar-refractivity contribution in [2.75, 3.05) is 12.0 Å². The van der Waals surface area contributed by atoms with E-state index in [-0.39, 0.29) is 43.8 Å². The second-order valence-electron chi connectivity index (χ2n) is 23.5. The van der Waals surface area contributed by atoms with E-state index < -0.39 is 199 Å². The molecule has 0 spiro atoms. The fourth-order valence-corrected chi connectivity index (χ4v) is 10.0. The van der Waals surface area contributed by atoms with Crippen molar-refractivity contribution in [3.05, 3.63) is 71.9 Å². The monoisotopic (exact) mass is 1350 g/mol. The number of fused-ring (bicyclic) bond motifs is 1. The molecule has 2 aromatic carbocycles. The minimum absolute atomic E-state index is 0.0736. The van der Waals surface area contributed by atoms with Crippen LogP contribution < -0.4 is 76.1 Å². The molecule has 0 aliphatic rings. The van der Waals surface area contributed by atoms with E-state index in [1.165, 1.54) is 32.5 Å². The highest BCUT2D eigenvalue weighted by Crippen LogP contribution is 2.20. The number of hydrogen-bond acceptors (Lipinski definition) is 18. The number of para-hydroxylation sites is 1. The van der Waals surface area contributed by atoms with Crippen molar-refractivity contribution in [2.45, 2.75) is 178 Å². The highest BCUT2D eigenvalue weighted by molar-refractivity contribution is 7.98. The first kappa shape index (κ1) is 79.5. The summed E-state index contributed by atoms with van der Waals surface area (Å²) in [5, 5.41) is 54.4. The number of carboxylic acids is 2. The fraction of sp³-hybridized carbons (Fsp3) is 0.525. The summed E-state index contributed by atoms with van der Waals surface area (Å²) >= 11 is 1.27. The van der Waals surface area contributed by atoms with Crippen LogP contribution in [0.4, 0.5) is 0 Å². The summed E-state index contributed by atoms with van der Waals surface area (Å²) in [6.07, 6.45) is -2.71. The number of aliphatic carboxylic acids is 2. The lowest BCUT2D eigenvalue weighted by Gasteiger charge is -2.29. The third-order valence-electron chi connectivity index (χ3n) is 14.6. The van der Waals surface area contributed by atoms with Crippen LogP contribution in [0.5, 0.6) is 0 Å². The molecule has 3 aromatic rings. The van der Waals surface area contributed by atoms with Gasteiger partial charge in [-0.2, -0.15) is 11.8 Å². The Morgan fingerprint density at radius 1 is 0.474 bits per heavy atom. The first-order chi connectivity index (χ1) is 44.6. The minimum Gasteiger partial charge on any atom is -0.481 e. The summed E-state index contributed by atoms with van der Waals surface area (Å²) in [4.78, 5) is 204. The van der Waals surface area contributed by atoms with Crippen molar-refractivity contribution in [2.24, 2.45) is 34.8 Å². The number of H-pyrrole nitrogens is 1. The predicted molar refractivity (Wildman–Crippen MR) is 345 cm³/mol. The lowest BCUT2D eigenvalue weighted by atomic mass is 9.99. The zero-order chi connectivity index (χ0) is 71.4. The standard InChI is InChI=1S/C61H89N15O18S/c1-29(2)23-40(55(87)68-39(21-22-95-7)54(86)73-43(26-47(65)80)59(91)76-50(32(6)77)61(93)94)70-56(88)42(25-34-28-66-36-16-12-11-15-35(34)36)72-53(85)38(18-20-46(64)79)69-60(92)49(30(3)4)75-58(90)41(24-33-13-9-8-10-14-33)71-57(89)44(27-48(81)82)74-52(84)37(17-19-45(63)78)67-51(83)31(5)62/h8-16,28-32,37-44,49-50,66,77H,17-27,62H2,1-7H3,(H2,63,78)(H2,64,79)(H2,65,80)(H,67,83)(H,68,87)(H,69,92)(H,70,88)(H,71,89)(H,72,85)(H,73,86)(H,74,84)(H,75,90)(H,76,91)(H,81,82)(H,93,94)/t31-,32?,37-,38-,39-,40-,41-,42-,43-,44-,49-,50-/m0/s1. The maximum Gasteiger partial charge on any atom is 0.328 e. The number of aliphatic hydroxyl groups is 1. The number of aromatic nitrogens is 1. The number of carbonyl (C=O) groups excluding carboxylic acids is 13. The molecule has 13 amide bonds. The van der Waals surface area contributed by atoms with E-state index in [1.54, 1.807) is 80.9 Å². The number of hydrogen-bond donors (Lipinski definition) is 18. The first-order valence-corrected chi connectivity index (χ1v) is 31.9. The number of carboxylic acid groups (broad SMARTS) is 2. The molecule has 522 valence electrons. The molecule has 33 nitrogen and oxygen atoms in total. The largest absolute Gasteiger partial charge is 0.481 e. The van der Waals surface area contributed by atoms with Gasteiger partial charge in [0.1, 0.15) is 54.4 Å². The first-order valence-electron chi connectivity index (χ1n) is 30.5. The summed E-state index contributed by atoms with van der Waals surface area (Å²) in [5.41, 5.74) is 23.4. The van der Waals surface area contributed by atoms with Crippen molar-refractivity contribution < 1.29 is 87.2 Å². The number of amides is 13. The smallest absolute Gasteiger partial charge is 0.328 e. The summed E-state index contributed by atoms with van der Waals surface area (Å²) in [6.45, 7) is 8.88. The molecule has 1 aromatic heterocycles. The van der Waals surface area contributed by atoms with Gasteiger partial charge in [-0.3, -0.25) is 67.1 Å². The average molecular weight is 1350 g/mol. The van der Waals surface area contributed by atoms with Gasteiger partial charge in [-0.15, -0.1) is 0 Å². The van der Waals surface area contributed by atoms with Crippen LogP contribution in [-0.2, 0) is 84.8 Å². The minimum atomic E-state index is -1.91. The second-order valence-corrected chi connectivity index (χ2v) is 24.5. The van der Waals surface area contributed by atoms with Crippen molar-refractivity contribution >= 4 is 111 Å². The normalized spacial score (nSPS) is 15.0. The zero-order valence-electron chi connectivity index (χ0n) is 53.8. The molecule has 22 N–H and O–H groups in total. The molecule has 1 unspecified atom stereocenters. The van der Waals surface area contributed by atoms with Gasteiger partial charge < -0.3 is 96.4 Å². The number of thioether (sulfide) groups is 1. The van der Waals surface area contributed by atoms with Gasteiger partial charge in [0.25, 0.3) is 0 Å². The van der Waals surface area contributed by atoms with Crippen LogP contribution in [0.3, 0.4) is 0 Å². The number of aliphatic hydroxyl groups excluding tert-OH is 1. The highest BCUT2D eigenvalue weighted by Gasteiger charge is 2.38. The lowest BCUT2D eigenvalue weighted by Crippen LogP contribution is -2.62. The van der Waals surface area contributed by atoms with E-state index in [9.17, 15) is 87.2 Å². The second kappa shape index (κ2) is 39.1. The lowest BCUT2D eigenvalue weighted by molar-refractivity contribution is -0.145. The number of primary amides is 3. The summed E-state index contributed by atoms with van der Waals surface area (Å²) in [7, 11) is 0. The number of benzene rings is 2. The summed E-state index contributed by atoms with van der Waals surface area (Å²) < 4.78 is 0. The van der Waals surface area contributed by atoms with Crippen LogP contribution in [0.15, 0.2) is 60.8 Å². The molecule has 0 aliphatic heterocycles. The molecular weight excluding hydrogens is 1260 g/mol. The van der Waals surface area contributed by atoms with E-state index >= 15 is 0 Å². The Balaban J connectivity index is 2.04. The molecule has 0 aliphatic carbocycles. The number of carbonyl (C=O) groups is 15. The molecule has 0 radical (unpaired) electrons. The maximum absolute atomic E-state index is 14.9. The molecule has 0 bridgehead atoms. The van der Waals surface area contributed by atoms with E-state index in [2.05, 4.69) is 58.2 Å².